The van der Waals surface area contributed by atoms with Crippen molar-refractivity contribution in [3.05, 3.63) is 48.6 Å². The van der Waals surface area contributed by atoms with Crippen LogP contribution in [0.2, 0.25) is 15.1 Å². The Bertz CT molecular complexity index is 674. The molecule has 0 bridgehead atoms. The Labute approximate surface area is 141 Å². The molecule has 0 saturated heterocycles. The van der Waals surface area contributed by atoms with E-state index < -0.39 is 11.7 Å². The molecule has 0 amide bonds. The quantitative estimate of drug-likeness (QED) is 0.364. The molecule has 1 heterocycles. The maximum Gasteiger partial charge on any atom is 0.418 e. The fraction of sp³-hybridized carbons (Fsp3) is 0.0833. The first-order valence-electron chi connectivity index (χ1n) is 5.08. The molecule has 0 fully saturated rings. The van der Waals surface area contributed by atoms with Gasteiger partial charge in [0.1, 0.15) is 0 Å². The van der Waals surface area contributed by atoms with E-state index in [2.05, 4.69) is 4.98 Å². The Morgan fingerprint density at radius 2 is 1.55 bits per heavy atom. The van der Waals surface area contributed by atoms with Gasteiger partial charge < -0.3 is 0 Å². The Hall–Kier alpha value is -0.240. The molecule has 1 aromatic heterocycles. The molecule has 2 rings (SSSR count). The molecule has 1 aromatic carbocycles. The number of nitrogens with zero attached hydrogens (tertiary/aromatic N) is 1. The first-order valence-corrected chi connectivity index (χ1v) is 7.29. The summed E-state index contributed by atoms with van der Waals surface area (Å²) in [6.07, 6.45) is -3.67. The normalized spacial score (nSPS) is 11.8. The highest BCUT2D eigenvalue weighted by molar-refractivity contribution is 14.1. The van der Waals surface area contributed by atoms with Crippen LogP contribution in [0.15, 0.2) is 24.4 Å². The lowest BCUT2D eigenvalue weighted by Crippen LogP contribution is -2.08. The van der Waals surface area contributed by atoms with Gasteiger partial charge in [-0.25, -0.2) is 0 Å². The second kappa shape index (κ2) is 5.87. The topological polar surface area (TPSA) is 12.9 Å². The van der Waals surface area contributed by atoms with Gasteiger partial charge in [-0.05, 0) is 40.8 Å². The molecule has 0 saturated carbocycles. The zero-order chi connectivity index (χ0) is 15.1. The first kappa shape index (κ1) is 16.1. The van der Waals surface area contributed by atoms with Gasteiger partial charge in [0.25, 0.3) is 0 Å². The summed E-state index contributed by atoms with van der Waals surface area (Å²) in [5, 5.41) is 0.784. The van der Waals surface area contributed by atoms with Crippen LogP contribution >= 0.6 is 57.4 Å². The molecule has 0 atom stereocenters. The predicted octanol–water partition coefficient (Wildman–Crippen LogP) is 6.33. The smallest absolute Gasteiger partial charge is 0.256 e. The van der Waals surface area contributed by atoms with Crippen LogP contribution < -0.4 is 0 Å². The van der Waals surface area contributed by atoms with Crippen LogP contribution in [0, 0.1) is 3.57 Å². The molecule has 0 spiro atoms. The van der Waals surface area contributed by atoms with Gasteiger partial charge in [-0.2, -0.15) is 13.2 Å². The van der Waals surface area contributed by atoms with Crippen molar-refractivity contribution in [2.75, 3.05) is 0 Å². The van der Waals surface area contributed by atoms with Gasteiger partial charge in [0.2, 0.25) is 0 Å². The fourth-order valence-electron chi connectivity index (χ4n) is 1.51. The number of hydrogen-bond acceptors (Lipinski definition) is 1. The predicted molar refractivity (Wildman–Crippen MR) is 82.4 cm³/mol. The molecular formula is C12H4Cl3F3IN. The number of rotatable bonds is 1. The molecule has 2 aromatic rings. The van der Waals surface area contributed by atoms with Crippen molar-refractivity contribution in [2.24, 2.45) is 0 Å². The van der Waals surface area contributed by atoms with E-state index >= 15 is 0 Å². The van der Waals surface area contributed by atoms with Crippen molar-refractivity contribution in [3.8, 4) is 11.3 Å². The average Bonchev–Trinajstić information content (AvgIpc) is 2.32. The zero-order valence-electron chi connectivity index (χ0n) is 9.40. The van der Waals surface area contributed by atoms with E-state index in [1.807, 2.05) is 0 Å². The summed E-state index contributed by atoms with van der Waals surface area (Å²) in [4.78, 5) is 3.80. The second-order valence-electron chi connectivity index (χ2n) is 3.79. The second-order valence-corrected chi connectivity index (χ2v) is 6.18. The van der Waals surface area contributed by atoms with E-state index in [1.165, 1.54) is 18.2 Å². The van der Waals surface area contributed by atoms with Crippen molar-refractivity contribution in [3.63, 3.8) is 0 Å². The van der Waals surface area contributed by atoms with E-state index in [-0.39, 0.29) is 18.6 Å². The number of benzene rings is 1. The number of alkyl halides is 3. The molecule has 0 N–H and O–H groups in total. The lowest BCUT2D eigenvalue weighted by Gasteiger charge is -2.11. The minimum atomic E-state index is -4.44. The molecule has 106 valence electrons. The molecule has 0 aliphatic rings. The number of aromatic nitrogens is 1. The lowest BCUT2D eigenvalue weighted by molar-refractivity contribution is -0.138. The van der Waals surface area contributed by atoms with Gasteiger partial charge in [-0.15, -0.1) is 0 Å². The highest BCUT2D eigenvalue weighted by Crippen LogP contribution is 2.37. The SMILES string of the molecule is FC(F)(F)c1cnc(-c2cc(Cl)c(Cl)cc2Cl)cc1I. The van der Waals surface area contributed by atoms with Crippen LogP contribution in [0.3, 0.4) is 0 Å². The van der Waals surface area contributed by atoms with Gasteiger partial charge in [0.05, 0.1) is 26.3 Å². The van der Waals surface area contributed by atoms with Crippen molar-refractivity contribution in [2.45, 2.75) is 6.18 Å². The summed E-state index contributed by atoms with van der Waals surface area (Å²) < 4.78 is 38.0. The van der Waals surface area contributed by atoms with Gasteiger partial charge >= 0.3 is 6.18 Å². The van der Waals surface area contributed by atoms with Crippen molar-refractivity contribution >= 4 is 57.4 Å². The minimum absolute atomic E-state index is 0.0299. The Kier molecular flexibility index (Phi) is 4.73. The van der Waals surface area contributed by atoms with Gasteiger partial charge in [0.15, 0.2) is 0 Å². The van der Waals surface area contributed by atoms with E-state index in [0.717, 1.165) is 6.20 Å². The molecule has 0 aliphatic carbocycles. The van der Waals surface area contributed by atoms with Crippen molar-refractivity contribution in [1.82, 2.24) is 4.98 Å². The summed E-state index contributed by atoms with van der Waals surface area (Å²) in [7, 11) is 0. The summed E-state index contributed by atoms with van der Waals surface area (Å²) in [5.41, 5.74) is -0.0725. The van der Waals surface area contributed by atoms with Crippen molar-refractivity contribution in [1.29, 1.82) is 0 Å². The molecule has 0 radical (unpaired) electrons. The van der Waals surface area contributed by atoms with E-state index in [4.69, 9.17) is 34.8 Å². The summed E-state index contributed by atoms with van der Waals surface area (Å²) in [5.74, 6) is 0. The lowest BCUT2D eigenvalue weighted by atomic mass is 10.1. The largest absolute Gasteiger partial charge is 0.418 e. The third-order valence-electron chi connectivity index (χ3n) is 2.44. The molecule has 0 unspecified atom stereocenters. The zero-order valence-corrected chi connectivity index (χ0v) is 13.8. The van der Waals surface area contributed by atoms with Gasteiger partial charge in [0, 0.05) is 15.3 Å². The van der Waals surface area contributed by atoms with Gasteiger partial charge in [-0.1, -0.05) is 34.8 Å². The summed E-state index contributed by atoms with van der Waals surface area (Å²) >= 11 is 19.3. The third-order valence-corrected chi connectivity index (χ3v) is 4.37. The summed E-state index contributed by atoms with van der Waals surface area (Å²) in [6.45, 7) is 0. The number of pyridine rings is 1. The monoisotopic (exact) mass is 451 g/mol. The maximum atomic E-state index is 12.7. The maximum absolute atomic E-state index is 12.7. The van der Waals surface area contributed by atoms with Crippen molar-refractivity contribution < 1.29 is 13.2 Å². The highest BCUT2D eigenvalue weighted by atomic mass is 127. The van der Waals surface area contributed by atoms with Crippen LogP contribution in [0.1, 0.15) is 5.56 Å². The van der Waals surface area contributed by atoms with Gasteiger partial charge in [-0.3, -0.25) is 4.98 Å². The highest BCUT2D eigenvalue weighted by Gasteiger charge is 2.33. The molecule has 1 nitrogen and oxygen atoms in total. The Morgan fingerprint density at radius 3 is 2.10 bits per heavy atom. The molecule has 20 heavy (non-hydrogen) atoms. The average molecular weight is 452 g/mol. The standard InChI is InChI=1S/C12H4Cl3F3IN/c13-7-2-9(15)8(14)1-5(7)11-3-10(19)6(4-20-11)12(16,17)18/h1-4H. The molecule has 8 heteroatoms. The van der Waals surface area contributed by atoms with E-state index in [0.29, 0.717) is 11.3 Å². The number of halogens is 7. The van der Waals surface area contributed by atoms with Crippen LogP contribution in [0.5, 0.6) is 0 Å². The van der Waals surface area contributed by atoms with Crippen LogP contribution in [-0.2, 0) is 6.18 Å². The Balaban J connectivity index is 2.55. The van der Waals surface area contributed by atoms with Crippen LogP contribution in [0.25, 0.3) is 11.3 Å². The van der Waals surface area contributed by atoms with E-state index in [9.17, 15) is 13.2 Å². The van der Waals surface area contributed by atoms with E-state index in [1.54, 1.807) is 22.6 Å². The third kappa shape index (κ3) is 3.32. The first-order chi connectivity index (χ1) is 9.20. The van der Waals surface area contributed by atoms with Crippen LogP contribution in [0.4, 0.5) is 13.2 Å². The van der Waals surface area contributed by atoms with Crippen LogP contribution in [-0.4, -0.2) is 4.98 Å². The molecular weight excluding hydrogens is 448 g/mol. The summed E-state index contributed by atoms with van der Waals surface area (Å²) in [6, 6.07) is 4.19. The minimum Gasteiger partial charge on any atom is -0.256 e. The molecule has 0 aliphatic heterocycles. The number of hydrogen-bond donors (Lipinski definition) is 0. The fourth-order valence-corrected chi connectivity index (χ4v) is 2.89. The Morgan fingerprint density at radius 1 is 0.950 bits per heavy atom.